The van der Waals surface area contributed by atoms with E-state index in [4.69, 9.17) is 11.6 Å². The lowest BCUT2D eigenvalue weighted by Gasteiger charge is -2.27. The Morgan fingerprint density at radius 2 is 1.71 bits per heavy atom. The quantitative estimate of drug-likeness (QED) is 0.571. The molecule has 3 aliphatic rings. The first-order valence-electron chi connectivity index (χ1n) is 10.6. The molecule has 31 heavy (non-hydrogen) atoms. The van der Waals surface area contributed by atoms with E-state index in [2.05, 4.69) is 17.5 Å². The van der Waals surface area contributed by atoms with E-state index in [-0.39, 0.29) is 47.8 Å². The third-order valence-electron chi connectivity index (χ3n) is 6.85. The van der Waals surface area contributed by atoms with Crippen LogP contribution in [0.5, 0.6) is 0 Å². The van der Waals surface area contributed by atoms with Gasteiger partial charge in [-0.3, -0.25) is 19.3 Å². The molecule has 1 N–H and O–H groups in total. The molecule has 1 saturated heterocycles. The summed E-state index contributed by atoms with van der Waals surface area (Å²) in [7, 11) is 0. The lowest BCUT2D eigenvalue weighted by Crippen LogP contribution is -2.49. The van der Waals surface area contributed by atoms with Crippen molar-refractivity contribution in [1.82, 2.24) is 4.90 Å². The number of fused-ring (bicyclic) bond motifs is 5. The summed E-state index contributed by atoms with van der Waals surface area (Å²) >= 11 is 6.11. The molecule has 3 amide bonds. The minimum absolute atomic E-state index is 0.104. The first kappa shape index (κ1) is 20.0. The predicted octanol–water partition coefficient (Wildman–Crippen LogP) is 4.01. The SMILES string of the molecule is Cc1ccc(Cl)cc1NC(=O)[C@H](Cc1ccccc1)N1C(=O)[C@@H]2[C@@H](C1=O)[C@H]1C=C[C@@H]2C1. The number of nitrogens with one attached hydrogen (secondary N) is 1. The molecule has 0 spiro atoms. The number of likely N-dealkylation sites (tertiary alicyclic amines) is 1. The molecule has 2 aromatic carbocycles. The van der Waals surface area contributed by atoms with Crippen LogP contribution in [0, 0.1) is 30.6 Å². The number of aryl methyl sites for hydroxylation is 1. The Morgan fingerprint density at radius 1 is 1.06 bits per heavy atom. The molecule has 0 unspecified atom stereocenters. The number of amides is 3. The highest BCUT2D eigenvalue weighted by molar-refractivity contribution is 6.31. The Bertz CT molecular complexity index is 1070. The molecule has 5 nitrogen and oxygen atoms in total. The number of anilines is 1. The van der Waals surface area contributed by atoms with Gasteiger partial charge in [0, 0.05) is 17.1 Å². The summed E-state index contributed by atoms with van der Waals surface area (Å²) in [5.74, 6) is -1.27. The Labute approximate surface area is 186 Å². The summed E-state index contributed by atoms with van der Waals surface area (Å²) in [6.45, 7) is 1.87. The van der Waals surface area contributed by atoms with Crippen molar-refractivity contribution in [3.05, 3.63) is 76.8 Å². The first-order chi connectivity index (χ1) is 14.9. The van der Waals surface area contributed by atoms with Crippen LogP contribution >= 0.6 is 11.6 Å². The standard InChI is InChI=1S/C25H23ClN2O3/c1-14-7-10-18(26)13-19(14)27-23(29)20(11-15-5-3-2-4-6-15)28-24(30)21-16-8-9-17(12-16)22(21)25(28)31/h2-10,13,16-17,20-22H,11-12H2,1H3,(H,27,29)/t16-,17+,20-,21-,22-/m0/s1. The van der Waals surface area contributed by atoms with Crippen LogP contribution in [-0.2, 0) is 20.8 Å². The van der Waals surface area contributed by atoms with Crippen molar-refractivity contribution in [3.8, 4) is 0 Å². The zero-order valence-electron chi connectivity index (χ0n) is 17.1. The third-order valence-corrected chi connectivity index (χ3v) is 7.08. The molecule has 2 fully saturated rings. The largest absolute Gasteiger partial charge is 0.324 e. The van der Waals surface area contributed by atoms with Crippen molar-refractivity contribution in [2.45, 2.75) is 25.8 Å². The molecule has 6 heteroatoms. The number of imide groups is 1. The zero-order valence-corrected chi connectivity index (χ0v) is 17.9. The van der Waals surface area contributed by atoms with Crippen LogP contribution in [0.4, 0.5) is 5.69 Å². The summed E-state index contributed by atoms with van der Waals surface area (Å²) in [6, 6.07) is 13.8. The number of hydrogen-bond acceptors (Lipinski definition) is 3. The highest BCUT2D eigenvalue weighted by Crippen LogP contribution is 2.53. The lowest BCUT2D eigenvalue weighted by atomic mass is 9.85. The van der Waals surface area contributed by atoms with Crippen molar-refractivity contribution >= 4 is 35.0 Å². The van der Waals surface area contributed by atoms with Gasteiger partial charge < -0.3 is 5.32 Å². The first-order valence-corrected chi connectivity index (χ1v) is 11.0. The molecular formula is C25H23ClN2O3. The molecule has 2 aliphatic carbocycles. The van der Waals surface area contributed by atoms with Crippen LogP contribution in [0.1, 0.15) is 17.5 Å². The number of carbonyl (C=O) groups is 3. The van der Waals surface area contributed by atoms with Crippen LogP contribution in [0.2, 0.25) is 5.02 Å². The second-order valence-corrected chi connectivity index (χ2v) is 9.14. The highest BCUT2D eigenvalue weighted by Gasteiger charge is 2.61. The highest BCUT2D eigenvalue weighted by atomic mass is 35.5. The van der Waals surface area contributed by atoms with Crippen molar-refractivity contribution < 1.29 is 14.4 Å². The fourth-order valence-corrected chi connectivity index (χ4v) is 5.49. The van der Waals surface area contributed by atoms with Gasteiger partial charge in [-0.2, -0.15) is 0 Å². The minimum Gasteiger partial charge on any atom is -0.324 e. The van der Waals surface area contributed by atoms with Gasteiger partial charge in [-0.05, 0) is 48.4 Å². The predicted molar refractivity (Wildman–Crippen MR) is 118 cm³/mol. The van der Waals surface area contributed by atoms with E-state index in [1.165, 1.54) is 4.90 Å². The summed E-state index contributed by atoms with van der Waals surface area (Å²) in [6.07, 6.45) is 5.24. The van der Waals surface area contributed by atoms with Gasteiger partial charge in [0.05, 0.1) is 11.8 Å². The van der Waals surface area contributed by atoms with E-state index in [1.807, 2.05) is 43.3 Å². The number of nitrogens with zero attached hydrogens (tertiary/aromatic N) is 1. The second kappa shape index (κ2) is 7.65. The molecule has 2 bridgehead atoms. The van der Waals surface area contributed by atoms with Gasteiger partial charge in [-0.1, -0.05) is 60.2 Å². The topological polar surface area (TPSA) is 66.5 Å². The van der Waals surface area contributed by atoms with Crippen molar-refractivity contribution in [3.63, 3.8) is 0 Å². The number of carbonyl (C=O) groups excluding carboxylic acids is 3. The molecule has 1 aliphatic heterocycles. The number of allylic oxidation sites excluding steroid dienone is 2. The minimum atomic E-state index is -0.911. The maximum absolute atomic E-state index is 13.4. The van der Waals surface area contributed by atoms with Gasteiger partial charge in [0.1, 0.15) is 6.04 Å². The van der Waals surface area contributed by atoms with Gasteiger partial charge >= 0.3 is 0 Å². The summed E-state index contributed by atoms with van der Waals surface area (Å²) in [4.78, 5) is 41.4. The average Bonchev–Trinajstić information content (AvgIpc) is 3.44. The van der Waals surface area contributed by atoms with Crippen LogP contribution in [0.3, 0.4) is 0 Å². The van der Waals surface area contributed by atoms with Crippen LogP contribution in [0.25, 0.3) is 0 Å². The smallest absolute Gasteiger partial charge is 0.248 e. The monoisotopic (exact) mass is 434 g/mol. The average molecular weight is 435 g/mol. The van der Waals surface area contributed by atoms with Gasteiger partial charge in [0.2, 0.25) is 17.7 Å². The Hall–Kier alpha value is -2.92. The van der Waals surface area contributed by atoms with E-state index in [0.29, 0.717) is 10.7 Å². The molecule has 1 heterocycles. The third kappa shape index (κ3) is 3.37. The number of halogens is 1. The van der Waals surface area contributed by atoms with Crippen LogP contribution in [0.15, 0.2) is 60.7 Å². The molecule has 1 saturated carbocycles. The normalized spacial score (nSPS) is 27.0. The zero-order chi connectivity index (χ0) is 21.7. The van der Waals surface area contributed by atoms with Gasteiger partial charge in [-0.15, -0.1) is 0 Å². The summed E-state index contributed by atoms with van der Waals surface area (Å²) in [5, 5.41) is 3.41. The second-order valence-electron chi connectivity index (χ2n) is 8.70. The molecule has 5 atom stereocenters. The molecular weight excluding hydrogens is 412 g/mol. The number of hydrogen-bond donors (Lipinski definition) is 1. The Kier molecular flexibility index (Phi) is 4.94. The Morgan fingerprint density at radius 3 is 2.35 bits per heavy atom. The fraction of sp³-hybridized carbons (Fsp3) is 0.320. The van der Waals surface area contributed by atoms with Gasteiger partial charge in [-0.25, -0.2) is 0 Å². The van der Waals surface area contributed by atoms with E-state index < -0.39 is 6.04 Å². The van der Waals surface area contributed by atoms with Crippen molar-refractivity contribution in [2.75, 3.05) is 5.32 Å². The molecule has 5 rings (SSSR count). The number of benzene rings is 2. The maximum Gasteiger partial charge on any atom is 0.248 e. The molecule has 0 aromatic heterocycles. The summed E-state index contributed by atoms with van der Waals surface area (Å²) in [5.41, 5.74) is 2.33. The van der Waals surface area contributed by atoms with E-state index in [9.17, 15) is 14.4 Å². The molecule has 0 radical (unpaired) electrons. The molecule has 158 valence electrons. The maximum atomic E-state index is 13.4. The van der Waals surface area contributed by atoms with Crippen LogP contribution in [-0.4, -0.2) is 28.7 Å². The van der Waals surface area contributed by atoms with E-state index >= 15 is 0 Å². The van der Waals surface area contributed by atoms with Crippen LogP contribution < -0.4 is 5.32 Å². The van der Waals surface area contributed by atoms with Gasteiger partial charge in [0.25, 0.3) is 0 Å². The molecule has 2 aromatic rings. The lowest BCUT2D eigenvalue weighted by molar-refractivity contribution is -0.147. The van der Waals surface area contributed by atoms with Crippen molar-refractivity contribution in [1.29, 1.82) is 0 Å². The number of rotatable bonds is 5. The van der Waals surface area contributed by atoms with E-state index in [1.54, 1.807) is 12.1 Å². The fourth-order valence-electron chi connectivity index (χ4n) is 5.32. The van der Waals surface area contributed by atoms with E-state index in [0.717, 1.165) is 17.5 Å². The summed E-state index contributed by atoms with van der Waals surface area (Å²) < 4.78 is 0. The van der Waals surface area contributed by atoms with Crippen molar-refractivity contribution in [2.24, 2.45) is 23.7 Å². The van der Waals surface area contributed by atoms with Gasteiger partial charge in [0.15, 0.2) is 0 Å². The Balaban J connectivity index is 1.47.